The third kappa shape index (κ3) is 3.17. The topological polar surface area (TPSA) is 101 Å². The number of nitrogens with two attached hydrogens (primary N) is 1. The predicted molar refractivity (Wildman–Crippen MR) is 73.6 cm³/mol. The number of nitrogens with zero attached hydrogens (tertiary/aromatic N) is 1. The number of rotatable bonds is 4. The second-order valence-corrected chi connectivity index (χ2v) is 4.31. The van der Waals surface area contributed by atoms with E-state index in [0.29, 0.717) is 23.4 Å². The Bertz CT molecular complexity index is 647. The number of oxime groups is 1. The second kappa shape index (κ2) is 5.92. The molecule has 4 N–H and O–H groups in total. The van der Waals surface area contributed by atoms with Crippen molar-refractivity contribution in [2.75, 3.05) is 0 Å². The van der Waals surface area contributed by atoms with E-state index in [1.807, 2.05) is 6.07 Å². The van der Waals surface area contributed by atoms with Gasteiger partial charge in [0.15, 0.2) is 5.84 Å². The lowest BCUT2D eigenvalue weighted by molar-refractivity contribution is 0.0950. The van der Waals surface area contributed by atoms with Gasteiger partial charge in [0.1, 0.15) is 12.0 Å². The lowest BCUT2D eigenvalue weighted by atomic mass is 10.1. The van der Waals surface area contributed by atoms with Crippen molar-refractivity contribution in [3.05, 3.63) is 59.0 Å². The molecule has 1 heterocycles. The number of amides is 1. The van der Waals surface area contributed by atoms with Gasteiger partial charge in [0.25, 0.3) is 5.91 Å². The Balaban J connectivity index is 2.02. The van der Waals surface area contributed by atoms with E-state index in [1.165, 1.54) is 6.26 Å². The van der Waals surface area contributed by atoms with Crippen LogP contribution in [0, 0.1) is 6.92 Å². The van der Waals surface area contributed by atoms with Crippen LogP contribution in [0.5, 0.6) is 0 Å². The molecular weight excluding hydrogens is 258 g/mol. The van der Waals surface area contributed by atoms with Gasteiger partial charge in [-0.2, -0.15) is 0 Å². The summed E-state index contributed by atoms with van der Waals surface area (Å²) in [5, 5.41) is 14.3. The molecule has 0 bridgehead atoms. The van der Waals surface area contributed by atoms with Crippen LogP contribution in [0.4, 0.5) is 0 Å². The smallest absolute Gasteiger partial charge is 0.254 e. The molecule has 0 aliphatic heterocycles. The first-order chi connectivity index (χ1) is 9.60. The Morgan fingerprint density at radius 2 is 2.20 bits per heavy atom. The van der Waals surface area contributed by atoms with Crippen LogP contribution in [0.3, 0.4) is 0 Å². The molecule has 1 aromatic heterocycles. The monoisotopic (exact) mass is 273 g/mol. The number of furan rings is 1. The highest BCUT2D eigenvalue weighted by molar-refractivity contribution is 5.97. The highest BCUT2D eigenvalue weighted by Crippen LogP contribution is 2.08. The summed E-state index contributed by atoms with van der Waals surface area (Å²) in [6.45, 7) is 2.12. The third-order valence-electron chi connectivity index (χ3n) is 2.78. The van der Waals surface area contributed by atoms with E-state index in [4.69, 9.17) is 15.4 Å². The average Bonchev–Trinajstić information content (AvgIpc) is 2.91. The minimum Gasteiger partial charge on any atom is -0.469 e. The molecule has 0 radical (unpaired) electrons. The summed E-state index contributed by atoms with van der Waals surface area (Å²) in [6.07, 6.45) is 1.41. The van der Waals surface area contributed by atoms with Crippen molar-refractivity contribution in [3.63, 3.8) is 0 Å². The van der Waals surface area contributed by atoms with E-state index in [0.717, 1.165) is 5.56 Å². The maximum Gasteiger partial charge on any atom is 0.254 e. The molecule has 0 saturated carbocycles. The number of benzene rings is 1. The first kappa shape index (κ1) is 13.7. The highest BCUT2D eigenvalue weighted by atomic mass is 16.4. The fraction of sp³-hybridized carbons (Fsp3) is 0.143. The molecule has 104 valence electrons. The first-order valence-corrected chi connectivity index (χ1v) is 6.00. The summed E-state index contributed by atoms with van der Waals surface area (Å²) in [4.78, 5) is 11.8. The van der Waals surface area contributed by atoms with E-state index in [9.17, 15) is 4.79 Å². The second-order valence-electron chi connectivity index (χ2n) is 4.31. The molecule has 0 fully saturated rings. The Labute approximate surface area is 115 Å². The lowest BCUT2D eigenvalue weighted by Crippen LogP contribution is -2.22. The number of aryl methyl sites for hydroxylation is 1. The van der Waals surface area contributed by atoms with E-state index in [1.54, 1.807) is 31.2 Å². The molecule has 0 aliphatic rings. The van der Waals surface area contributed by atoms with Crippen LogP contribution < -0.4 is 11.1 Å². The normalized spacial score (nSPS) is 11.3. The lowest BCUT2D eigenvalue weighted by Gasteiger charge is -2.05. The molecule has 0 saturated heterocycles. The number of carbonyl (C=O) groups excluding carboxylic acids is 1. The zero-order valence-electron chi connectivity index (χ0n) is 11.0. The third-order valence-corrected chi connectivity index (χ3v) is 2.78. The van der Waals surface area contributed by atoms with E-state index in [-0.39, 0.29) is 11.7 Å². The summed E-state index contributed by atoms with van der Waals surface area (Å²) < 4.78 is 5.08. The van der Waals surface area contributed by atoms with Gasteiger partial charge in [-0.05, 0) is 24.6 Å². The standard InChI is InChI=1S/C14H15N3O3/c1-9-5-12(8-20-9)14(18)16-7-10-3-2-4-11(6-10)13(15)17-19/h2-6,8,19H,7H2,1H3,(H2,15,17)(H,16,18). The number of amidine groups is 1. The Morgan fingerprint density at radius 3 is 2.85 bits per heavy atom. The Hall–Kier alpha value is -2.76. The average molecular weight is 273 g/mol. The van der Waals surface area contributed by atoms with Crippen LogP contribution in [0.15, 0.2) is 46.2 Å². The van der Waals surface area contributed by atoms with Gasteiger partial charge in [0.05, 0.1) is 5.56 Å². The van der Waals surface area contributed by atoms with Crippen molar-refractivity contribution < 1.29 is 14.4 Å². The summed E-state index contributed by atoms with van der Waals surface area (Å²) >= 11 is 0. The zero-order valence-corrected chi connectivity index (χ0v) is 11.0. The summed E-state index contributed by atoms with van der Waals surface area (Å²) in [7, 11) is 0. The summed E-state index contributed by atoms with van der Waals surface area (Å²) in [5.41, 5.74) is 7.44. The van der Waals surface area contributed by atoms with Gasteiger partial charge in [0, 0.05) is 12.1 Å². The van der Waals surface area contributed by atoms with Gasteiger partial charge in [0.2, 0.25) is 0 Å². The van der Waals surface area contributed by atoms with Crippen molar-refractivity contribution >= 4 is 11.7 Å². The molecule has 0 spiro atoms. The SMILES string of the molecule is Cc1cc(C(=O)NCc2cccc(/C(N)=N/O)c2)co1. The molecule has 6 heteroatoms. The van der Waals surface area contributed by atoms with Crippen molar-refractivity contribution in [2.45, 2.75) is 13.5 Å². The van der Waals surface area contributed by atoms with E-state index >= 15 is 0 Å². The Morgan fingerprint density at radius 1 is 1.40 bits per heavy atom. The predicted octanol–water partition coefficient (Wildman–Crippen LogP) is 1.61. The molecule has 0 atom stereocenters. The minimum absolute atomic E-state index is 0.0311. The molecule has 1 aromatic carbocycles. The molecule has 1 amide bonds. The maximum atomic E-state index is 11.8. The fourth-order valence-corrected chi connectivity index (χ4v) is 1.75. The number of nitrogens with one attached hydrogen (secondary N) is 1. The highest BCUT2D eigenvalue weighted by Gasteiger charge is 2.08. The van der Waals surface area contributed by atoms with E-state index < -0.39 is 0 Å². The van der Waals surface area contributed by atoms with Crippen molar-refractivity contribution in [2.24, 2.45) is 10.9 Å². The van der Waals surface area contributed by atoms with Gasteiger partial charge >= 0.3 is 0 Å². The van der Waals surface area contributed by atoms with E-state index in [2.05, 4.69) is 10.5 Å². The van der Waals surface area contributed by atoms with Crippen LogP contribution in [0.25, 0.3) is 0 Å². The van der Waals surface area contributed by atoms with Crippen LogP contribution in [0.1, 0.15) is 27.2 Å². The largest absolute Gasteiger partial charge is 0.469 e. The zero-order chi connectivity index (χ0) is 14.5. The molecule has 6 nitrogen and oxygen atoms in total. The fourth-order valence-electron chi connectivity index (χ4n) is 1.75. The van der Waals surface area contributed by atoms with Crippen molar-refractivity contribution in [1.29, 1.82) is 0 Å². The molecule has 2 aromatic rings. The minimum atomic E-state index is -0.212. The van der Waals surface area contributed by atoms with Gasteiger partial charge in [-0.1, -0.05) is 23.4 Å². The quantitative estimate of drug-likeness (QED) is 0.341. The van der Waals surface area contributed by atoms with Crippen LogP contribution >= 0.6 is 0 Å². The van der Waals surface area contributed by atoms with Gasteiger partial charge < -0.3 is 20.7 Å². The van der Waals surface area contributed by atoms with Gasteiger partial charge in [-0.15, -0.1) is 0 Å². The molecule has 20 heavy (non-hydrogen) atoms. The van der Waals surface area contributed by atoms with Gasteiger partial charge in [-0.25, -0.2) is 0 Å². The summed E-state index contributed by atoms with van der Waals surface area (Å²) in [6, 6.07) is 8.75. The molecule has 0 aliphatic carbocycles. The van der Waals surface area contributed by atoms with Crippen molar-refractivity contribution in [3.8, 4) is 0 Å². The molecular formula is C14H15N3O3. The molecule has 0 unspecified atom stereocenters. The number of hydrogen-bond donors (Lipinski definition) is 3. The maximum absolute atomic E-state index is 11.8. The van der Waals surface area contributed by atoms with Crippen LogP contribution in [0.2, 0.25) is 0 Å². The van der Waals surface area contributed by atoms with Crippen LogP contribution in [-0.2, 0) is 6.54 Å². The van der Waals surface area contributed by atoms with Crippen molar-refractivity contribution in [1.82, 2.24) is 5.32 Å². The summed E-state index contributed by atoms with van der Waals surface area (Å²) in [5.74, 6) is 0.503. The number of carbonyl (C=O) groups is 1. The Kier molecular flexibility index (Phi) is 4.05. The first-order valence-electron chi connectivity index (χ1n) is 6.00. The number of hydrogen-bond acceptors (Lipinski definition) is 4. The van der Waals surface area contributed by atoms with Gasteiger partial charge in [-0.3, -0.25) is 4.79 Å². The van der Waals surface area contributed by atoms with Crippen LogP contribution in [-0.4, -0.2) is 17.0 Å². The molecule has 2 rings (SSSR count).